The quantitative estimate of drug-likeness (QED) is 0.337. The molecule has 0 spiro atoms. The number of anilines is 1. The van der Waals surface area contributed by atoms with Crippen molar-refractivity contribution in [2.75, 3.05) is 38.7 Å². The number of fused-ring (bicyclic) bond motifs is 1. The van der Waals surface area contributed by atoms with Gasteiger partial charge in [-0.25, -0.2) is 18.1 Å². The van der Waals surface area contributed by atoms with Crippen molar-refractivity contribution >= 4 is 32.7 Å². The van der Waals surface area contributed by atoms with Gasteiger partial charge in [0.2, 0.25) is 10.0 Å². The Hall–Kier alpha value is -3.22. The Kier molecular flexibility index (Phi) is 9.64. The van der Waals surface area contributed by atoms with Gasteiger partial charge in [0.15, 0.2) is 5.65 Å². The molecule has 1 fully saturated rings. The van der Waals surface area contributed by atoms with Crippen molar-refractivity contribution in [3.8, 4) is 5.75 Å². The van der Waals surface area contributed by atoms with E-state index in [1.165, 1.54) is 29.6 Å². The van der Waals surface area contributed by atoms with Crippen LogP contribution in [-0.2, 0) is 34.3 Å². The van der Waals surface area contributed by atoms with E-state index in [1.54, 1.807) is 13.8 Å². The molecular weight excluding hydrogens is 532 g/mol. The molecule has 2 N–H and O–H groups in total. The van der Waals surface area contributed by atoms with Crippen LogP contribution in [0.1, 0.15) is 62.2 Å². The van der Waals surface area contributed by atoms with Crippen LogP contribution in [0.5, 0.6) is 5.75 Å². The number of amides is 1. The molecule has 1 aromatic carbocycles. The molecule has 11 nitrogen and oxygen atoms in total. The summed E-state index contributed by atoms with van der Waals surface area (Å²) in [4.78, 5) is 18.5. The second kappa shape index (κ2) is 13.0. The predicted octanol–water partition coefficient (Wildman–Crippen LogP) is 3.57. The number of nitrogens with zero attached hydrogens (tertiary/aromatic N) is 4. The number of aromatic nitrogens is 3. The third-order valence-corrected chi connectivity index (χ3v) is 9.41. The highest BCUT2D eigenvalue weighted by Crippen LogP contribution is 2.32. The molecule has 0 aliphatic carbocycles. The van der Waals surface area contributed by atoms with Crippen LogP contribution >= 0.6 is 0 Å². The Morgan fingerprint density at radius 3 is 2.52 bits per heavy atom. The van der Waals surface area contributed by atoms with Crippen LogP contribution in [-0.4, -0.2) is 72.8 Å². The first-order valence-electron chi connectivity index (χ1n) is 14.0. The molecule has 3 aromatic rings. The maximum absolute atomic E-state index is 13.5. The van der Waals surface area contributed by atoms with Crippen LogP contribution in [0.15, 0.2) is 29.3 Å². The molecule has 1 saturated heterocycles. The molecule has 4 rings (SSSR count). The Morgan fingerprint density at radius 2 is 1.90 bits per heavy atom. The van der Waals surface area contributed by atoms with E-state index in [2.05, 4.69) is 15.7 Å². The van der Waals surface area contributed by atoms with Gasteiger partial charge in [-0.1, -0.05) is 20.8 Å². The first-order valence-corrected chi connectivity index (χ1v) is 15.4. The minimum absolute atomic E-state index is 0.0494. The van der Waals surface area contributed by atoms with Crippen LogP contribution in [0.4, 0.5) is 5.69 Å². The van der Waals surface area contributed by atoms with Crippen LogP contribution in [0.3, 0.4) is 0 Å². The van der Waals surface area contributed by atoms with Gasteiger partial charge in [0.25, 0.3) is 5.91 Å². The fourth-order valence-corrected chi connectivity index (χ4v) is 6.59. The predicted molar refractivity (Wildman–Crippen MR) is 154 cm³/mol. The molecule has 0 unspecified atom stereocenters. The third kappa shape index (κ3) is 5.93. The van der Waals surface area contributed by atoms with E-state index in [0.29, 0.717) is 45.0 Å². The number of pyridine rings is 1. The summed E-state index contributed by atoms with van der Waals surface area (Å²) in [6.45, 7) is 10.6. The summed E-state index contributed by atoms with van der Waals surface area (Å²) < 4.78 is 40.5. The van der Waals surface area contributed by atoms with Crippen LogP contribution in [0.2, 0.25) is 0 Å². The average Bonchev–Trinajstić information content (AvgIpc) is 3.39. The Labute approximate surface area is 236 Å². The van der Waals surface area contributed by atoms with Crippen LogP contribution in [0.25, 0.3) is 11.0 Å². The zero-order valence-corrected chi connectivity index (χ0v) is 24.8. The number of methoxy groups -OCH3 is 1. The second-order valence-electron chi connectivity index (χ2n) is 9.63. The van der Waals surface area contributed by atoms with Crippen molar-refractivity contribution in [3.63, 3.8) is 0 Å². The van der Waals surface area contributed by atoms with Crippen molar-refractivity contribution in [2.24, 2.45) is 0 Å². The lowest BCUT2D eigenvalue weighted by Gasteiger charge is -2.26. The summed E-state index contributed by atoms with van der Waals surface area (Å²) in [6.07, 6.45) is 4.25. The van der Waals surface area contributed by atoms with Gasteiger partial charge < -0.3 is 20.1 Å². The van der Waals surface area contributed by atoms with Gasteiger partial charge in [-0.15, -0.1) is 0 Å². The van der Waals surface area contributed by atoms with E-state index in [4.69, 9.17) is 14.5 Å². The van der Waals surface area contributed by atoms with Gasteiger partial charge in [0.1, 0.15) is 5.75 Å². The SMILES string of the molecule is CCc1nc2c(cnn2CC)c(NC2CCOCC2)c1CNC(=O)c1cc(S(=O)(=O)N(CC)CC)ccc1OC. The van der Waals surface area contributed by atoms with Crippen LogP contribution in [0, 0.1) is 0 Å². The standard InChI is InChI=1S/C28H40N6O5S/c1-6-24-22(26(31-19-12-14-39-15-13-19)23-18-30-34(9-4)27(23)32-24)17-29-28(35)21-16-20(10-11-25(21)38-5)40(36,37)33(7-2)8-3/h10-11,16,18-19H,6-9,12-15,17H2,1-5H3,(H,29,35)(H,31,32). The second-order valence-corrected chi connectivity index (χ2v) is 11.6. The maximum atomic E-state index is 13.5. The van der Waals surface area contributed by atoms with Crippen molar-refractivity contribution in [1.29, 1.82) is 0 Å². The molecule has 218 valence electrons. The lowest BCUT2D eigenvalue weighted by atomic mass is 10.0. The van der Waals surface area contributed by atoms with Gasteiger partial charge in [-0.05, 0) is 44.4 Å². The molecule has 1 amide bonds. The average molecular weight is 573 g/mol. The largest absolute Gasteiger partial charge is 0.496 e. The molecule has 2 aromatic heterocycles. The van der Waals surface area contributed by atoms with E-state index in [1.807, 2.05) is 24.7 Å². The fourth-order valence-electron chi connectivity index (χ4n) is 5.10. The first-order chi connectivity index (χ1) is 19.3. The minimum atomic E-state index is -3.75. The Morgan fingerprint density at radius 1 is 1.18 bits per heavy atom. The van der Waals surface area contributed by atoms with E-state index >= 15 is 0 Å². The van der Waals surface area contributed by atoms with E-state index in [9.17, 15) is 13.2 Å². The Bertz CT molecular complexity index is 1450. The summed E-state index contributed by atoms with van der Waals surface area (Å²) in [6, 6.07) is 4.60. The van der Waals surface area contributed by atoms with E-state index in [-0.39, 0.29) is 23.0 Å². The number of benzene rings is 1. The molecule has 1 aliphatic heterocycles. The summed E-state index contributed by atoms with van der Waals surface area (Å²) in [5, 5.41) is 12.2. The number of hydrogen-bond donors (Lipinski definition) is 2. The van der Waals surface area contributed by atoms with E-state index in [0.717, 1.165) is 40.8 Å². The highest BCUT2D eigenvalue weighted by Gasteiger charge is 2.26. The summed E-state index contributed by atoms with van der Waals surface area (Å²) in [5.41, 5.74) is 3.62. The molecule has 0 atom stereocenters. The van der Waals surface area contributed by atoms with Crippen molar-refractivity contribution < 1.29 is 22.7 Å². The number of ether oxygens (including phenoxy) is 2. The number of carbonyl (C=O) groups is 1. The molecule has 1 aliphatic rings. The normalized spacial score (nSPS) is 14.6. The summed E-state index contributed by atoms with van der Waals surface area (Å²) >= 11 is 0. The summed E-state index contributed by atoms with van der Waals surface area (Å²) in [7, 11) is -2.29. The number of hydrogen-bond acceptors (Lipinski definition) is 8. The number of aryl methyl sites for hydroxylation is 2. The lowest BCUT2D eigenvalue weighted by Crippen LogP contribution is -2.31. The lowest BCUT2D eigenvalue weighted by molar-refractivity contribution is 0.0904. The fraction of sp³-hybridized carbons (Fsp3) is 0.536. The van der Waals surface area contributed by atoms with Gasteiger partial charge in [0, 0.05) is 56.7 Å². The number of sulfonamides is 1. The Balaban J connectivity index is 1.70. The van der Waals surface area contributed by atoms with Gasteiger partial charge in [-0.3, -0.25) is 4.79 Å². The number of nitrogens with one attached hydrogen (secondary N) is 2. The first kappa shape index (κ1) is 29.8. The van der Waals surface area contributed by atoms with Gasteiger partial charge in [-0.2, -0.15) is 9.40 Å². The molecule has 0 bridgehead atoms. The summed E-state index contributed by atoms with van der Waals surface area (Å²) in [5.74, 6) is -0.137. The van der Waals surface area contributed by atoms with Gasteiger partial charge >= 0.3 is 0 Å². The zero-order valence-electron chi connectivity index (χ0n) is 24.0. The van der Waals surface area contributed by atoms with Crippen molar-refractivity contribution in [3.05, 3.63) is 41.2 Å². The molecule has 12 heteroatoms. The zero-order chi connectivity index (χ0) is 28.9. The van der Waals surface area contributed by atoms with Crippen molar-refractivity contribution in [2.45, 2.75) is 71.0 Å². The topological polar surface area (TPSA) is 128 Å². The monoisotopic (exact) mass is 572 g/mol. The molecule has 0 radical (unpaired) electrons. The molecule has 3 heterocycles. The molecule has 0 saturated carbocycles. The van der Waals surface area contributed by atoms with E-state index < -0.39 is 15.9 Å². The van der Waals surface area contributed by atoms with Crippen molar-refractivity contribution in [1.82, 2.24) is 24.4 Å². The number of rotatable bonds is 12. The third-order valence-electron chi connectivity index (χ3n) is 7.36. The number of carbonyl (C=O) groups excluding carboxylic acids is 1. The highest BCUT2D eigenvalue weighted by atomic mass is 32.2. The highest BCUT2D eigenvalue weighted by molar-refractivity contribution is 7.89. The molecule has 40 heavy (non-hydrogen) atoms. The van der Waals surface area contributed by atoms with Gasteiger partial charge in [0.05, 0.1) is 34.8 Å². The maximum Gasteiger partial charge on any atom is 0.255 e. The smallest absolute Gasteiger partial charge is 0.255 e. The minimum Gasteiger partial charge on any atom is -0.496 e. The van der Waals surface area contributed by atoms with Crippen LogP contribution < -0.4 is 15.4 Å². The molecular formula is C28H40N6O5S.